The molecule has 6 heteroatoms. The van der Waals surface area contributed by atoms with E-state index in [4.69, 9.17) is 4.74 Å². The standard InChI is InChI=1S/C18H23N3O2S/c1-13-9-20-16(14(2)18(13)23-4)10-21(3)17(22)12-24-11-15-7-5-6-8-19-15/h5-9H,10-12H2,1-4H3. The van der Waals surface area contributed by atoms with E-state index in [1.807, 2.05) is 32.0 Å². The maximum absolute atomic E-state index is 12.3. The predicted molar refractivity (Wildman–Crippen MR) is 97.1 cm³/mol. The Morgan fingerprint density at radius 1 is 1.29 bits per heavy atom. The van der Waals surface area contributed by atoms with Gasteiger partial charge >= 0.3 is 0 Å². The molecule has 0 atom stereocenters. The summed E-state index contributed by atoms with van der Waals surface area (Å²) in [6, 6.07) is 5.81. The molecule has 0 saturated carbocycles. The lowest BCUT2D eigenvalue weighted by atomic mass is 10.1. The maximum Gasteiger partial charge on any atom is 0.232 e. The molecule has 128 valence electrons. The third-order valence-corrected chi connectivity index (χ3v) is 4.72. The minimum atomic E-state index is 0.0803. The van der Waals surface area contributed by atoms with Crippen LogP contribution in [0.15, 0.2) is 30.6 Å². The number of amides is 1. The van der Waals surface area contributed by atoms with Crippen LogP contribution in [-0.4, -0.2) is 40.7 Å². The molecular formula is C18H23N3O2S. The lowest BCUT2D eigenvalue weighted by molar-refractivity contribution is -0.127. The summed E-state index contributed by atoms with van der Waals surface area (Å²) in [4.78, 5) is 22.7. The Morgan fingerprint density at radius 3 is 2.75 bits per heavy atom. The Labute approximate surface area is 147 Å². The Hall–Kier alpha value is -2.08. The summed E-state index contributed by atoms with van der Waals surface area (Å²) in [5.74, 6) is 2.08. The van der Waals surface area contributed by atoms with Crippen molar-refractivity contribution in [2.24, 2.45) is 0 Å². The first-order valence-corrected chi connectivity index (χ1v) is 8.89. The topological polar surface area (TPSA) is 55.3 Å². The van der Waals surface area contributed by atoms with Gasteiger partial charge in [-0.15, -0.1) is 11.8 Å². The highest BCUT2D eigenvalue weighted by molar-refractivity contribution is 7.99. The van der Waals surface area contributed by atoms with E-state index in [-0.39, 0.29) is 5.91 Å². The van der Waals surface area contributed by atoms with E-state index < -0.39 is 0 Å². The molecule has 0 radical (unpaired) electrons. The SMILES string of the molecule is COc1c(C)cnc(CN(C)C(=O)CSCc2ccccn2)c1C. The summed E-state index contributed by atoms with van der Waals surface area (Å²) in [6.07, 6.45) is 3.55. The number of hydrogen-bond donors (Lipinski definition) is 0. The van der Waals surface area contributed by atoms with E-state index in [1.54, 1.807) is 43.2 Å². The van der Waals surface area contributed by atoms with Crippen LogP contribution in [0, 0.1) is 13.8 Å². The van der Waals surface area contributed by atoms with Crippen LogP contribution < -0.4 is 4.74 Å². The molecule has 1 amide bonds. The van der Waals surface area contributed by atoms with Gasteiger partial charge in [0.1, 0.15) is 5.75 Å². The zero-order chi connectivity index (χ0) is 17.5. The number of nitrogens with zero attached hydrogens (tertiary/aromatic N) is 3. The van der Waals surface area contributed by atoms with Crippen LogP contribution in [0.3, 0.4) is 0 Å². The molecule has 0 aromatic carbocycles. The number of pyridine rings is 2. The van der Waals surface area contributed by atoms with Crippen molar-refractivity contribution in [1.82, 2.24) is 14.9 Å². The van der Waals surface area contributed by atoms with Gasteiger partial charge in [0.25, 0.3) is 0 Å². The second-order valence-corrected chi connectivity index (χ2v) is 6.60. The largest absolute Gasteiger partial charge is 0.496 e. The van der Waals surface area contributed by atoms with Gasteiger partial charge < -0.3 is 9.64 Å². The number of carbonyl (C=O) groups excluding carboxylic acids is 1. The average molecular weight is 345 g/mol. The average Bonchev–Trinajstić information content (AvgIpc) is 2.58. The van der Waals surface area contributed by atoms with E-state index in [0.29, 0.717) is 12.3 Å². The van der Waals surface area contributed by atoms with E-state index in [2.05, 4.69) is 9.97 Å². The van der Waals surface area contributed by atoms with Gasteiger partial charge in [0, 0.05) is 36.3 Å². The first-order chi connectivity index (χ1) is 11.5. The fourth-order valence-electron chi connectivity index (χ4n) is 2.38. The molecular weight excluding hydrogens is 322 g/mol. The van der Waals surface area contributed by atoms with Crippen LogP contribution in [-0.2, 0) is 17.1 Å². The Morgan fingerprint density at radius 2 is 2.08 bits per heavy atom. The highest BCUT2D eigenvalue weighted by Crippen LogP contribution is 2.24. The second kappa shape index (κ2) is 8.68. The molecule has 24 heavy (non-hydrogen) atoms. The minimum absolute atomic E-state index is 0.0803. The van der Waals surface area contributed by atoms with Crippen molar-refractivity contribution in [3.63, 3.8) is 0 Å². The predicted octanol–water partition coefficient (Wildman–Crippen LogP) is 2.99. The van der Waals surface area contributed by atoms with E-state index >= 15 is 0 Å². The van der Waals surface area contributed by atoms with Gasteiger partial charge in [-0.2, -0.15) is 0 Å². The molecule has 0 unspecified atom stereocenters. The number of thioether (sulfide) groups is 1. The van der Waals surface area contributed by atoms with Crippen LogP contribution >= 0.6 is 11.8 Å². The summed E-state index contributed by atoms with van der Waals surface area (Å²) in [5.41, 5.74) is 3.83. The monoisotopic (exact) mass is 345 g/mol. The Kier molecular flexibility index (Phi) is 6.61. The van der Waals surface area contributed by atoms with Crippen LogP contribution in [0.2, 0.25) is 0 Å². The first-order valence-electron chi connectivity index (χ1n) is 7.73. The Bertz CT molecular complexity index is 692. The van der Waals surface area contributed by atoms with Gasteiger partial charge in [-0.1, -0.05) is 6.07 Å². The zero-order valence-corrected chi connectivity index (χ0v) is 15.4. The highest BCUT2D eigenvalue weighted by atomic mass is 32.2. The molecule has 0 fully saturated rings. The normalized spacial score (nSPS) is 10.5. The number of carbonyl (C=O) groups is 1. The van der Waals surface area contributed by atoms with Gasteiger partial charge in [0.2, 0.25) is 5.91 Å². The van der Waals surface area contributed by atoms with Crippen LogP contribution in [0.25, 0.3) is 0 Å². The summed E-state index contributed by atoms with van der Waals surface area (Å²) in [6.45, 7) is 4.42. The molecule has 2 rings (SSSR count). The maximum atomic E-state index is 12.3. The molecule has 0 aliphatic rings. The Balaban J connectivity index is 1.90. The van der Waals surface area contributed by atoms with Gasteiger partial charge in [-0.05, 0) is 26.0 Å². The molecule has 0 aliphatic carbocycles. The highest BCUT2D eigenvalue weighted by Gasteiger charge is 2.14. The van der Waals surface area contributed by atoms with Gasteiger partial charge in [-0.3, -0.25) is 14.8 Å². The van der Waals surface area contributed by atoms with Crippen molar-refractivity contribution in [3.8, 4) is 5.75 Å². The molecule has 2 aromatic heterocycles. The van der Waals surface area contributed by atoms with Gasteiger partial charge in [0.15, 0.2) is 0 Å². The third kappa shape index (κ3) is 4.71. The first kappa shape index (κ1) is 18.3. The molecule has 0 bridgehead atoms. The number of aromatic nitrogens is 2. The number of rotatable bonds is 7. The number of hydrogen-bond acceptors (Lipinski definition) is 5. The lowest BCUT2D eigenvalue weighted by Crippen LogP contribution is -2.28. The quantitative estimate of drug-likeness (QED) is 0.772. The molecule has 0 saturated heterocycles. The van der Waals surface area contributed by atoms with Crippen molar-refractivity contribution in [1.29, 1.82) is 0 Å². The fraction of sp³-hybridized carbons (Fsp3) is 0.389. The van der Waals surface area contributed by atoms with Crippen molar-refractivity contribution in [3.05, 3.63) is 53.1 Å². The summed E-state index contributed by atoms with van der Waals surface area (Å²) < 4.78 is 5.42. The summed E-state index contributed by atoms with van der Waals surface area (Å²) in [7, 11) is 3.46. The van der Waals surface area contributed by atoms with Crippen molar-refractivity contribution < 1.29 is 9.53 Å². The zero-order valence-electron chi connectivity index (χ0n) is 14.6. The molecule has 5 nitrogen and oxygen atoms in total. The summed E-state index contributed by atoms with van der Waals surface area (Å²) in [5, 5.41) is 0. The van der Waals surface area contributed by atoms with E-state index in [1.165, 1.54) is 0 Å². The fourth-order valence-corrected chi connectivity index (χ4v) is 3.26. The minimum Gasteiger partial charge on any atom is -0.496 e. The number of aryl methyl sites for hydroxylation is 1. The van der Waals surface area contributed by atoms with Crippen LogP contribution in [0.4, 0.5) is 0 Å². The van der Waals surface area contributed by atoms with Gasteiger partial charge in [0.05, 0.1) is 30.8 Å². The van der Waals surface area contributed by atoms with E-state index in [9.17, 15) is 4.79 Å². The number of ether oxygens (including phenoxy) is 1. The molecule has 0 N–H and O–H groups in total. The molecule has 2 heterocycles. The van der Waals surface area contributed by atoms with Crippen molar-refractivity contribution >= 4 is 17.7 Å². The second-order valence-electron chi connectivity index (χ2n) is 5.61. The lowest BCUT2D eigenvalue weighted by Gasteiger charge is -2.19. The smallest absolute Gasteiger partial charge is 0.232 e. The summed E-state index contributed by atoms with van der Waals surface area (Å²) >= 11 is 1.57. The van der Waals surface area contributed by atoms with Crippen LogP contribution in [0.5, 0.6) is 5.75 Å². The van der Waals surface area contributed by atoms with Crippen LogP contribution in [0.1, 0.15) is 22.5 Å². The third-order valence-electron chi connectivity index (χ3n) is 3.76. The van der Waals surface area contributed by atoms with E-state index in [0.717, 1.165) is 34.0 Å². The van der Waals surface area contributed by atoms with Crippen molar-refractivity contribution in [2.75, 3.05) is 19.9 Å². The molecule has 0 spiro atoms. The number of methoxy groups -OCH3 is 1. The van der Waals surface area contributed by atoms with Gasteiger partial charge in [-0.25, -0.2) is 0 Å². The molecule has 2 aromatic rings. The van der Waals surface area contributed by atoms with Crippen molar-refractivity contribution in [2.45, 2.75) is 26.1 Å². The molecule has 0 aliphatic heterocycles.